The van der Waals surface area contributed by atoms with E-state index >= 15 is 0 Å². The molecular weight excluding hydrogens is 262 g/mol. The Labute approximate surface area is 129 Å². The third-order valence-corrected chi connectivity index (χ3v) is 6.41. The van der Waals surface area contributed by atoms with Crippen molar-refractivity contribution in [3.05, 3.63) is 0 Å². The number of rotatable bonds is 2. The van der Waals surface area contributed by atoms with Crippen LogP contribution in [-0.2, 0) is 4.79 Å². The molecule has 1 heterocycles. The average molecular weight is 293 g/mol. The molecule has 2 aliphatic carbocycles. The highest BCUT2D eigenvalue weighted by Crippen LogP contribution is 2.45. The second kappa shape index (κ2) is 5.91. The summed E-state index contributed by atoms with van der Waals surface area (Å²) in [5.74, 6) is 0.928. The van der Waals surface area contributed by atoms with Crippen LogP contribution in [0.4, 0.5) is 0 Å². The van der Waals surface area contributed by atoms with Crippen LogP contribution in [0.2, 0.25) is 0 Å². The van der Waals surface area contributed by atoms with E-state index in [2.05, 4.69) is 18.7 Å². The lowest BCUT2D eigenvalue weighted by Crippen LogP contribution is -2.52. The molecule has 3 heteroatoms. The minimum absolute atomic E-state index is 0.160. The first-order valence-corrected chi connectivity index (χ1v) is 8.99. The van der Waals surface area contributed by atoms with Crippen molar-refractivity contribution in [1.29, 1.82) is 0 Å². The molecule has 0 aromatic heterocycles. The van der Waals surface area contributed by atoms with Crippen molar-refractivity contribution in [3.8, 4) is 0 Å². The van der Waals surface area contributed by atoms with Gasteiger partial charge in [-0.3, -0.25) is 4.79 Å². The number of piperidine rings is 1. The van der Waals surface area contributed by atoms with E-state index in [0.29, 0.717) is 17.9 Å². The maximum absolute atomic E-state index is 13.1. The number of aliphatic hydroxyl groups excluding tert-OH is 1. The SMILES string of the molecule is CC1(C)CCCC1C(=O)N1CCCCC1C1CCCC1O. The van der Waals surface area contributed by atoms with Gasteiger partial charge in [0.25, 0.3) is 0 Å². The number of carbonyl (C=O) groups excluding carboxylic acids is 1. The summed E-state index contributed by atoms with van der Waals surface area (Å²) in [6.07, 6.45) is 9.84. The van der Waals surface area contributed by atoms with Crippen LogP contribution in [0, 0.1) is 17.3 Å². The zero-order valence-electron chi connectivity index (χ0n) is 13.7. The molecule has 2 saturated carbocycles. The van der Waals surface area contributed by atoms with Crippen LogP contribution in [0.5, 0.6) is 0 Å². The third kappa shape index (κ3) is 2.86. The maximum Gasteiger partial charge on any atom is 0.226 e. The number of hydrogen-bond donors (Lipinski definition) is 1. The molecule has 3 aliphatic rings. The molecule has 120 valence electrons. The Morgan fingerprint density at radius 1 is 1.05 bits per heavy atom. The smallest absolute Gasteiger partial charge is 0.226 e. The summed E-state index contributed by atoms with van der Waals surface area (Å²) in [5.41, 5.74) is 0.160. The lowest BCUT2D eigenvalue weighted by atomic mass is 9.79. The molecule has 4 atom stereocenters. The van der Waals surface area contributed by atoms with E-state index < -0.39 is 0 Å². The van der Waals surface area contributed by atoms with Crippen LogP contribution in [0.25, 0.3) is 0 Å². The lowest BCUT2D eigenvalue weighted by Gasteiger charge is -2.43. The van der Waals surface area contributed by atoms with Crippen LogP contribution in [0.1, 0.15) is 71.6 Å². The quantitative estimate of drug-likeness (QED) is 0.848. The number of amides is 1. The van der Waals surface area contributed by atoms with E-state index in [1.54, 1.807) is 0 Å². The Morgan fingerprint density at radius 3 is 2.48 bits per heavy atom. The van der Waals surface area contributed by atoms with Gasteiger partial charge >= 0.3 is 0 Å². The Kier molecular flexibility index (Phi) is 4.31. The molecule has 0 radical (unpaired) electrons. The summed E-state index contributed by atoms with van der Waals surface area (Å²) < 4.78 is 0. The van der Waals surface area contributed by atoms with Crippen molar-refractivity contribution in [3.63, 3.8) is 0 Å². The highest BCUT2D eigenvalue weighted by Gasteiger charge is 2.45. The van der Waals surface area contributed by atoms with E-state index in [4.69, 9.17) is 0 Å². The molecule has 4 unspecified atom stereocenters. The fraction of sp³-hybridized carbons (Fsp3) is 0.944. The first-order valence-electron chi connectivity index (χ1n) is 8.99. The van der Waals surface area contributed by atoms with Gasteiger partial charge in [-0.2, -0.15) is 0 Å². The van der Waals surface area contributed by atoms with E-state index in [1.165, 1.54) is 19.3 Å². The Balaban J connectivity index is 1.76. The number of likely N-dealkylation sites (tertiary alicyclic amines) is 1. The van der Waals surface area contributed by atoms with Crippen molar-refractivity contribution < 1.29 is 9.90 Å². The van der Waals surface area contributed by atoms with Gasteiger partial charge in [0.2, 0.25) is 5.91 Å². The molecule has 21 heavy (non-hydrogen) atoms. The number of nitrogens with zero attached hydrogens (tertiary/aromatic N) is 1. The zero-order valence-corrected chi connectivity index (χ0v) is 13.7. The molecule has 3 nitrogen and oxygen atoms in total. The number of carbonyl (C=O) groups is 1. The molecular formula is C18H31NO2. The summed E-state index contributed by atoms with van der Waals surface area (Å²) in [6.45, 7) is 5.43. The first kappa shape index (κ1) is 15.3. The van der Waals surface area contributed by atoms with E-state index in [-0.39, 0.29) is 17.4 Å². The second-order valence-corrected chi connectivity index (χ2v) is 8.19. The molecule has 1 saturated heterocycles. The van der Waals surface area contributed by atoms with Gasteiger partial charge in [-0.1, -0.05) is 26.7 Å². The average Bonchev–Trinajstić information content (AvgIpc) is 3.03. The van der Waals surface area contributed by atoms with Crippen molar-refractivity contribution in [2.75, 3.05) is 6.54 Å². The highest BCUT2D eigenvalue weighted by molar-refractivity contribution is 5.80. The van der Waals surface area contributed by atoms with Gasteiger partial charge < -0.3 is 10.0 Å². The fourth-order valence-electron chi connectivity index (χ4n) is 5.08. The molecule has 0 aromatic rings. The zero-order chi connectivity index (χ0) is 15.0. The van der Waals surface area contributed by atoms with Gasteiger partial charge in [0.15, 0.2) is 0 Å². The van der Waals surface area contributed by atoms with Crippen LogP contribution in [-0.4, -0.2) is 34.6 Å². The molecule has 3 rings (SSSR count). The Bertz CT molecular complexity index is 393. The predicted molar refractivity (Wildman–Crippen MR) is 83.8 cm³/mol. The topological polar surface area (TPSA) is 40.5 Å². The molecule has 3 fully saturated rings. The monoisotopic (exact) mass is 293 g/mol. The standard InChI is InChI=1S/C18H31NO2/c1-18(2)11-6-8-14(18)17(21)19-12-4-3-9-15(19)13-7-5-10-16(13)20/h13-16,20H,3-12H2,1-2H3. The van der Waals surface area contributed by atoms with Gasteiger partial charge in [-0.25, -0.2) is 0 Å². The molecule has 0 aromatic carbocycles. The van der Waals surface area contributed by atoms with Gasteiger partial charge in [0.05, 0.1) is 6.10 Å². The van der Waals surface area contributed by atoms with Gasteiger partial charge in [0.1, 0.15) is 0 Å². The van der Waals surface area contributed by atoms with E-state index in [0.717, 1.165) is 45.1 Å². The fourth-order valence-corrected chi connectivity index (χ4v) is 5.08. The normalized spacial score (nSPS) is 39.7. The van der Waals surface area contributed by atoms with Gasteiger partial charge in [0, 0.05) is 24.4 Å². The largest absolute Gasteiger partial charge is 0.393 e. The summed E-state index contributed by atoms with van der Waals surface area (Å²) in [6, 6.07) is 0.306. The summed E-state index contributed by atoms with van der Waals surface area (Å²) >= 11 is 0. The maximum atomic E-state index is 13.1. The molecule has 0 spiro atoms. The minimum atomic E-state index is -0.181. The molecule has 1 amide bonds. The third-order valence-electron chi connectivity index (χ3n) is 6.41. The molecule has 0 bridgehead atoms. The summed E-state index contributed by atoms with van der Waals surface area (Å²) in [4.78, 5) is 15.3. The van der Waals surface area contributed by atoms with Gasteiger partial charge in [-0.05, 0) is 50.4 Å². The highest BCUT2D eigenvalue weighted by atomic mass is 16.3. The minimum Gasteiger partial charge on any atom is -0.393 e. The van der Waals surface area contributed by atoms with Gasteiger partial charge in [-0.15, -0.1) is 0 Å². The van der Waals surface area contributed by atoms with Crippen molar-refractivity contribution in [2.45, 2.75) is 83.8 Å². The van der Waals surface area contributed by atoms with Crippen molar-refractivity contribution in [1.82, 2.24) is 4.90 Å². The van der Waals surface area contributed by atoms with Crippen LogP contribution >= 0.6 is 0 Å². The number of hydrogen-bond acceptors (Lipinski definition) is 2. The van der Waals surface area contributed by atoms with E-state index in [9.17, 15) is 9.90 Å². The van der Waals surface area contributed by atoms with Crippen molar-refractivity contribution in [2.24, 2.45) is 17.3 Å². The molecule has 1 aliphatic heterocycles. The Morgan fingerprint density at radius 2 is 1.86 bits per heavy atom. The first-order chi connectivity index (χ1) is 10.0. The Hall–Kier alpha value is -0.570. The van der Waals surface area contributed by atoms with Crippen LogP contribution < -0.4 is 0 Å². The number of aliphatic hydroxyl groups is 1. The van der Waals surface area contributed by atoms with Crippen LogP contribution in [0.15, 0.2) is 0 Å². The van der Waals surface area contributed by atoms with Crippen molar-refractivity contribution >= 4 is 5.91 Å². The second-order valence-electron chi connectivity index (χ2n) is 8.19. The summed E-state index contributed by atoms with van der Waals surface area (Å²) in [5, 5.41) is 10.3. The van der Waals surface area contributed by atoms with E-state index in [1.807, 2.05) is 0 Å². The molecule has 1 N–H and O–H groups in total. The summed E-state index contributed by atoms with van der Waals surface area (Å²) in [7, 11) is 0. The predicted octanol–water partition coefficient (Wildman–Crippen LogP) is 3.35. The van der Waals surface area contributed by atoms with Crippen LogP contribution in [0.3, 0.4) is 0 Å². The lowest BCUT2D eigenvalue weighted by molar-refractivity contribution is -0.144.